The highest BCUT2D eigenvalue weighted by atomic mass is 79.9. The first-order chi connectivity index (χ1) is 9.97. The number of hydrogen-bond acceptors (Lipinski definition) is 4. The Morgan fingerprint density at radius 2 is 1.95 bits per heavy atom. The van der Waals surface area contributed by atoms with Gasteiger partial charge in [0.1, 0.15) is 5.69 Å². The molecule has 0 radical (unpaired) electrons. The van der Waals surface area contributed by atoms with Crippen molar-refractivity contribution in [2.45, 2.75) is 13.8 Å². The highest BCUT2D eigenvalue weighted by Crippen LogP contribution is 2.20. The summed E-state index contributed by atoms with van der Waals surface area (Å²) in [4.78, 5) is 23.2. The Morgan fingerprint density at radius 1 is 1.29 bits per heavy atom. The first kappa shape index (κ1) is 15.4. The Kier molecular flexibility index (Phi) is 4.90. The van der Waals surface area contributed by atoms with Crippen LogP contribution in [0.25, 0.3) is 11.3 Å². The lowest BCUT2D eigenvalue weighted by atomic mass is 10.1. The van der Waals surface area contributed by atoms with Crippen molar-refractivity contribution in [2.24, 2.45) is 5.92 Å². The van der Waals surface area contributed by atoms with Gasteiger partial charge in [-0.15, -0.1) is 0 Å². The molecule has 21 heavy (non-hydrogen) atoms. The molecule has 1 aromatic carbocycles. The fourth-order valence-corrected chi connectivity index (χ4v) is 1.84. The molecule has 2 rings (SSSR count). The number of H-pyrrole nitrogens is 1. The van der Waals surface area contributed by atoms with Crippen molar-refractivity contribution >= 4 is 27.7 Å². The Labute approximate surface area is 130 Å². The van der Waals surface area contributed by atoms with E-state index in [1.807, 2.05) is 24.3 Å². The fraction of sp³-hybridized carbons (Fsp3) is 0.267. The van der Waals surface area contributed by atoms with Crippen LogP contribution in [0.15, 0.2) is 34.8 Å². The van der Waals surface area contributed by atoms with E-state index in [1.54, 1.807) is 19.9 Å². The molecular formula is C15H15BrN2O3. The third-order valence-corrected chi connectivity index (χ3v) is 3.46. The number of esters is 1. The molecule has 110 valence electrons. The van der Waals surface area contributed by atoms with Crippen LogP contribution in [0.2, 0.25) is 0 Å². The number of nitrogens with one attached hydrogen (secondary N) is 1. The molecule has 0 unspecified atom stereocenters. The number of aromatic nitrogens is 2. The molecule has 2 aromatic rings. The van der Waals surface area contributed by atoms with Gasteiger partial charge in [0.25, 0.3) is 0 Å². The third-order valence-electron chi connectivity index (χ3n) is 2.93. The Morgan fingerprint density at radius 3 is 2.57 bits per heavy atom. The minimum absolute atomic E-state index is 0.115. The summed E-state index contributed by atoms with van der Waals surface area (Å²) in [6.45, 7) is 3.30. The van der Waals surface area contributed by atoms with Gasteiger partial charge in [-0.2, -0.15) is 5.10 Å². The number of carbonyl (C=O) groups excluding carboxylic acids is 2. The van der Waals surface area contributed by atoms with Gasteiger partial charge in [0.05, 0.1) is 5.69 Å². The molecule has 5 nitrogen and oxygen atoms in total. The average molecular weight is 351 g/mol. The molecule has 0 saturated heterocycles. The van der Waals surface area contributed by atoms with E-state index in [9.17, 15) is 9.59 Å². The van der Waals surface area contributed by atoms with E-state index in [0.29, 0.717) is 5.69 Å². The molecule has 0 fully saturated rings. The average Bonchev–Trinajstić information content (AvgIpc) is 2.94. The molecule has 0 spiro atoms. The maximum atomic E-state index is 11.8. The van der Waals surface area contributed by atoms with Gasteiger partial charge in [-0.3, -0.25) is 9.89 Å². The number of Topliss-reactive ketones (excluding diaryl/α,β-unsaturated/α-hetero) is 1. The van der Waals surface area contributed by atoms with Crippen LogP contribution in [0.1, 0.15) is 24.3 Å². The van der Waals surface area contributed by atoms with Gasteiger partial charge >= 0.3 is 5.97 Å². The zero-order valence-electron chi connectivity index (χ0n) is 11.7. The minimum atomic E-state index is -0.583. The quantitative estimate of drug-likeness (QED) is 0.840. The SMILES string of the molecule is CC(C)C(=O)COC(=O)c1cc(-c2ccc(Br)cc2)n[nH]1. The number of carbonyl (C=O) groups is 2. The second-order valence-electron chi connectivity index (χ2n) is 4.87. The molecule has 0 atom stereocenters. The molecule has 1 heterocycles. The predicted octanol–water partition coefficient (Wildman–Crippen LogP) is 3.22. The highest BCUT2D eigenvalue weighted by Gasteiger charge is 2.15. The topological polar surface area (TPSA) is 72.1 Å². The van der Waals surface area contributed by atoms with Crippen LogP contribution < -0.4 is 0 Å². The van der Waals surface area contributed by atoms with Crippen molar-refractivity contribution < 1.29 is 14.3 Å². The molecule has 0 aliphatic heterocycles. The van der Waals surface area contributed by atoms with Crippen molar-refractivity contribution in [2.75, 3.05) is 6.61 Å². The van der Waals surface area contributed by atoms with E-state index in [0.717, 1.165) is 10.0 Å². The Bertz CT molecular complexity index is 647. The van der Waals surface area contributed by atoms with E-state index in [4.69, 9.17) is 4.74 Å². The lowest BCUT2D eigenvalue weighted by Crippen LogP contribution is -2.18. The van der Waals surface area contributed by atoms with Crippen molar-refractivity contribution in [3.8, 4) is 11.3 Å². The van der Waals surface area contributed by atoms with Crippen LogP contribution in [0.5, 0.6) is 0 Å². The summed E-state index contributed by atoms with van der Waals surface area (Å²) in [6, 6.07) is 9.16. The zero-order valence-corrected chi connectivity index (χ0v) is 13.3. The van der Waals surface area contributed by atoms with E-state index in [-0.39, 0.29) is 24.0 Å². The van der Waals surface area contributed by atoms with Crippen LogP contribution in [0, 0.1) is 5.92 Å². The number of aromatic amines is 1. The van der Waals surface area contributed by atoms with E-state index in [1.165, 1.54) is 0 Å². The highest BCUT2D eigenvalue weighted by molar-refractivity contribution is 9.10. The lowest BCUT2D eigenvalue weighted by Gasteiger charge is -2.04. The summed E-state index contributed by atoms with van der Waals surface area (Å²) in [5.41, 5.74) is 1.75. The molecule has 0 bridgehead atoms. The normalized spacial score (nSPS) is 10.7. The summed E-state index contributed by atoms with van der Waals surface area (Å²) in [7, 11) is 0. The summed E-state index contributed by atoms with van der Waals surface area (Å²) in [5.74, 6) is -0.853. The molecule has 0 aliphatic rings. The zero-order chi connectivity index (χ0) is 15.4. The van der Waals surface area contributed by atoms with Crippen LogP contribution in [-0.2, 0) is 9.53 Å². The lowest BCUT2D eigenvalue weighted by molar-refractivity contribution is -0.125. The largest absolute Gasteiger partial charge is 0.453 e. The monoisotopic (exact) mass is 350 g/mol. The standard InChI is InChI=1S/C15H15BrN2O3/c1-9(2)14(19)8-21-15(20)13-7-12(17-18-13)10-3-5-11(16)6-4-10/h3-7,9H,8H2,1-2H3,(H,17,18). The van der Waals surface area contributed by atoms with Gasteiger partial charge in [-0.05, 0) is 18.2 Å². The van der Waals surface area contributed by atoms with E-state index in [2.05, 4.69) is 26.1 Å². The number of halogens is 1. The van der Waals surface area contributed by atoms with Crippen molar-refractivity contribution in [3.63, 3.8) is 0 Å². The second kappa shape index (κ2) is 6.67. The minimum Gasteiger partial charge on any atom is -0.453 e. The van der Waals surface area contributed by atoms with Crippen LogP contribution in [0.3, 0.4) is 0 Å². The van der Waals surface area contributed by atoms with Gasteiger partial charge in [-0.1, -0.05) is 41.9 Å². The van der Waals surface area contributed by atoms with Crippen LogP contribution in [-0.4, -0.2) is 28.6 Å². The number of ketones is 1. The van der Waals surface area contributed by atoms with Gasteiger partial charge in [-0.25, -0.2) is 4.79 Å². The number of hydrogen-bond donors (Lipinski definition) is 1. The number of nitrogens with zero attached hydrogens (tertiary/aromatic N) is 1. The maximum absolute atomic E-state index is 11.8. The van der Waals surface area contributed by atoms with Gasteiger partial charge in [0, 0.05) is 16.0 Å². The van der Waals surface area contributed by atoms with Gasteiger partial charge in [0.15, 0.2) is 12.4 Å². The molecular weight excluding hydrogens is 336 g/mol. The Hall–Kier alpha value is -1.95. The van der Waals surface area contributed by atoms with Crippen molar-refractivity contribution in [1.29, 1.82) is 0 Å². The summed E-state index contributed by atoms with van der Waals surface area (Å²) in [6.07, 6.45) is 0. The second-order valence-corrected chi connectivity index (χ2v) is 5.79. The van der Waals surface area contributed by atoms with E-state index >= 15 is 0 Å². The predicted molar refractivity (Wildman–Crippen MR) is 81.9 cm³/mol. The van der Waals surface area contributed by atoms with Gasteiger partial charge < -0.3 is 4.74 Å². The summed E-state index contributed by atoms with van der Waals surface area (Å²) >= 11 is 3.36. The fourth-order valence-electron chi connectivity index (χ4n) is 1.58. The molecule has 0 saturated carbocycles. The molecule has 0 amide bonds. The number of benzene rings is 1. The smallest absolute Gasteiger partial charge is 0.356 e. The third kappa shape index (κ3) is 4.01. The van der Waals surface area contributed by atoms with E-state index < -0.39 is 5.97 Å². The van der Waals surface area contributed by atoms with Crippen LogP contribution >= 0.6 is 15.9 Å². The van der Waals surface area contributed by atoms with Crippen molar-refractivity contribution in [1.82, 2.24) is 10.2 Å². The summed E-state index contributed by atoms with van der Waals surface area (Å²) < 4.78 is 5.92. The first-order valence-electron chi connectivity index (χ1n) is 6.48. The Balaban J connectivity index is 2.04. The summed E-state index contributed by atoms with van der Waals surface area (Å²) in [5, 5.41) is 6.70. The molecule has 1 N–H and O–H groups in total. The molecule has 1 aromatic heterocycles. The molecule has 6 heteroatoms. The molecule has 0 aliphatic carbocycles. The maximum Gasteiger partial charge on any atom is 0.356 e. The first-order valence-corrected chi connectivity index (χ1v) is 7.28. The van der Waals surface area contributed by atoms with Gasteiger partial charge in [0.2, 0.25) is 0 Å². The van der Waals surface area contributed by atoms with Crippen LogP contribution in [0.4, 0.5) is 0 Å². The number of ether oxygens (including phenoxy) is 1. The van der Waals surface area contributed by atoms with Crippen molar-refractivity contribution in [3.05, 3.63) is 40.5 Å². The number of rotatable bonds is 5.